The number of nitrogens with zero attached hydrogens (tertiary/aromatic N) is 2. The highest BCUT2D eigenvalue weighted by Crippen LogP contribution is 2.37. The fourth-order valence-electron chi connectivity index (χ4n) is 6.23. The number of hydrogen-bond donors (Lipinski definition) is 2. The molecule has 4 heteroatoms. The predicted octanol–water partition coefficient (Wildman–Crippen LogP) is 11.8. The second kappa shape index (κ2) is 15.7. The minimum Gasteiger partial charge on any atom is -0.398 e. The van der Waals surface area contributed by atoms with Gasteiger partial charge in [0.05, 0.1) is 16.9 Å². The molecule has 246 valence electrons. The van der Waals surface area contributed by atoms with Crippen molar-refractivity contribution in [1.82, 2.24) is 9.55 Å². The van der Waals surface area contributed by atoms with Gasteiger partial charge in [0, 0.05) is 46.8 Å². The van der Waals surface area contributed by atoms with Gasteiger partial charge in [0.1, 0.15) is 0 Å². The lowest BCUT2D eigenvalue weighted by atomic mass is 9.99. The normalized spacial score (nSPS) is 11.4. The Morgan fingerprint density at radius 1 is 0.780 bits per heavy atom. The van der Waals surface area contributed by atoms with Gasteiger partial charge in [-0.1, -0.05) is 141 Å². The molecule has 0 unspecified atom stereocenters. The smallest absolute Gasteiger partial charge is 0.0734 e. The van der Waals surface area contributed by atoms with Crippen molar-refractivity contribution in [3.05, 3.63) is 193 Å². The molecular weight excluding hydrogens is 609 g/mol. The molecule has 2 aromatic heterocycles. The monoisotopic (exact) mass is 650 g/mol. The number of rotatable bonds is 9. The van der Waals surface area contributed by atoms with E-state index in [0.717, 1.165) is 56.3 Å². The van der Waals surface area contributed by atoms with Crippen LogP contribution >= 0.6 is 0 Å². The number of nitrogens with two attached hydrogens (primary N) is 1. The van der Waals surface area contributed by atoms with E-state index in [0.29, 0.717) is 6.42 Å². The maximum atomic E-state index is 6.14. The van der Waals surface area contributed by atoms with E-state index in [1.165, 1.54) is 21.8 Å². The number of anilines is 3. The number of para-hydroxylation sites is 3. The van der Waals surface area contributed by atoms with Gasteiger partial charge in [-0.05, 0) is 71.1 Å². The summed E-state index contributed by atoms with van der Waals surface area (Å²) in [5.74, 6) is 0. The fraction of sp³-hybridized carbons (Fsp3) is 0.0652. The molecule has 4 nitrogen and oxygen atoms in total. The van der Waals surface area contributed by atoms with E-state index in [1.54, 1.807) is 0 Å². The molecule has 2 heterocycles. The number of allylic oxidation sites excluding steroid dienone is 5. The van der Waals surface area contributed by atoms with Gasteiger partial charge in [0.15, 0.2) is 0 Å². The molecule has 0 fully saturated rings. The first-order chi connectivity index (χ1) is 24.5. The first-order valence-corrected chi connectivity index (χ1v) is 16.8. The highest BCUT2D eigenvalue weighted by atomic mass is 15.0. The van der Waals surface area contributed by atoms with Crippen LogP contribution in [0.2, 0.25) is 0 Å². The third-order valence-corrected chi connectivity index (χ3v) is 8.76. The molecule has 0 radical (unpaired) electrons. The Hall–Kier alpha value is -6.39. The van der Waals surface area contributed by atoms with E-state index in [2.05, 4.69) is 109 Å². The van der Waals surface area contributed by atoms with E-state index >= 15 is 0 Å². The summed E-state index contributed by atoms with van der Waals surface area (Å²) in [5, 5.41) is 6.11. The number of aromatic nitrogens is 2. The van der Waals surface area contributed by atoms with Crippen LogP contribution in [0, 0.1) is 0 Å². The summed E-state index contributed by atoms with van der Waals surface area (Å²) in [6, 6.07) is 45.6. The van der Waals surface area contributed by atoms with Crippen LogP contribution in [0.5, 0.6) is 0 Å². The molecule has 5 aromatic carbocycles. The van der Waals surface area contributed by atoms with Crippen LogP contribution in [-0.2, 0) is 13.5 Å². The molecule has 0 saturated heterocycles. The van der Waals surface area contributed by atoms with E-state index in [9.17, 15) is 0 Å². The minimum absolute atomic E-state index is 0.689. The molecule has 7 aromatic rings. The Morgan fingerprint density at radius 2 is 1.48 bits per heavy atom. The van der Waals surface area contributed by atoms with Gasteiger partial charge in [0.25, 0.3) is 0 Å². The molecule has 50 heavy (non-hydrogen) atoms. The highest BCUT2D eigenvalue weighted by Gasteiger charge is 2.14. The molecule has 7 rings (SSSR count). The maximum absolute atomic E-state index is 6.14. The first kappa shape index (κ1) is 33.5. The van der Waals surface area contributed by atoms with Crippen molar-refractivity contribution >= 4 is 50.5 Å². The van der Waals surface area contributed by atoms with Crippen LogP contribution in [0.15, 0.2) is 171 Å². The maximum Gasteiger partial charge on any atom is 0.0734 e. The summed E-state index contributed by atoms with van der Waals surface area (Å²) in [6.45, 7) is 9.93. The van der Waals surface area contributed by atoms with Gasteiger partial charge in [-0.2, -0.15) is 0 Å². The second-order valence-electron chi connectivity index (χ2n) is 12.0. The molecule has 0 aliphatic carbocycles. The number of hydrogen-bond acceptors (Lipinski definition) is 3. The van der Waals surface area contributed by atoms with Crippen molar-refractivity contribution in [2.75, 3.05) is 11.1 Å². The van der Waals surface area contributed by atoms with Gasteiger partial charge in [0.2, 0.25) is 0 Å². The first-order valence-electron chi connectivity index (χ1n) is 16.8. The third-order valence-electron chi connectivity index (χ3n) is 8.76. The number of benzene rings is 5. The Bertz CT molecular complexity index is 2330. The summed E-state index contributed by atoms with van der Waals surface area (Å²) in [7, 11) is 2.12. The molecule has 0 amide bonds. The summed E-state index contributed by atoms with van der Waals surface area (Å²) in [6.07, 6.45) is 10.5. The van der Waals surface area contributed by atoms with Crippen molar-refractivity contribution < 1.29 is 0 Å². The standard InChI is InChI=1S/C25H24N2.C21H18N2/c1-3-5-11-19(4-2)25-18-22(20-12-7-6-8-13-20)17-23(27-25)16-21-14-9-10-15-24(21)26;1-3-15-13-14-18-17-11-7-8-12-19(17)23(2)21(18)20(15)22-16-9-5-4-6-10-16/h3-15,17-18H,2,16,26H2,1H3;3-14,22H,1H2,2H3/b5-3-,19-11+;. The Morgan fingerprint density at radius 3 is 2.20 bits per heavy atom. The van der Waals surface area contributed by atoms with Gasteiger partial charge in [-0.3, -0.25) is 4.98 Å². The number of nitrogens with one attached hydrogen (secondary N) is 1. The number of nitrogen functional groups attached to an aromatic ring is 1. The van der Waals surface area contributed by atoms with Gasteiger partial charge in [-0.15, -0.1) is 0 Å². The lowest BCUT2D eigenvalue weighted by molar-refractivity contribution is 1.01. The molecule has 0 saturated carbocycles. The van der Waals surface area contributed by atoms with Crippen molar-refractivity contribution in [2.24, 2.45) is 7.05 Å². The molecule has 0 atom stereocenters. The van der Waals surface area contributed by atoms with Crippen LogP contribution in [0.25, 0.3) is 44.6 Å². The van der Waals surface area contributed by atoms with Crippen LogP contribution in [0.1, 0.15) is 29.4 Å². The molecule has 0 aliphatic heterocycles. The van der Waals surface area contributed by atoms with Crippen molar-refractivity contribution in [1.29, 1.82) is 0 Å². The Balaban J connectivity index is 0.000000175. The average Bonchev–Trinajstić information content (AvgIpc) is 3.45. The van der Waals surface area contributed by atoms with E-state index < -0.39 is 0 Å². The van der Waals surface area contributed by atoms with Crippen molar-refractivity contribution in [2.45, 2.75) is 13.3 Å². The summed E-state index contributed by atoms with van der Waals surface area (Å²) in [4.78, 5) is 4.89. The van der Waals surface area contributed by atoms with Gasteiger partial charge >= 0.3 is 0 Å². The molecular formula is C46H42N4. The number of pyridine rings is 1. The molecule has 0 spiro atoms. The average molecular weight is 651 g/mol. The van der Waals surface area contributed by atoms with E-state index in [-0.39, 0.29) is 0 Å². The Labute approximate surface area is 295 Å². The zero-order valence-electron chi connectivity index (χ0n) is 28.7. The van der Waals surface area contributed by atoms with Crippen LogP contribution in [0.3, 0.4) is 0 Å². The lowest BCUT2D eigenvalue weighted by Crippen LogP contribution is -2.00. The molecule has 3 N–H and O–H groups in total. The SMILES string of the molecule is C=C/C(=C\C=C/C)c1cc(-c2ccccc2)cc(Cc2ccccc2N)n1.C=Cc1ccc2c3ccccc3n(C)c2c1Nc1ccccc1. The second-order valence-corrected chi connectivity index (χ2v) is 12.0. The topological polar surface area (TPSA) is 55.9 Å². The lowest BCUT2D eigenvalue weighted by Gasteiger charge is -2.13. The fourth-order valence-corrected chi connectivity index (χ4v) is 6.23. The van der Waals surface area contributed by atoms with E-state index in [1.807, 2.05) is 91.9 Å². The summed E-state index contributed by atoms with van der Waals surface area (Å²) < 4.78 is 2.25. The predicted molar refractivity (Wildman–Crippen MR) is 217 cm³/mol. The summed E-state index contributed by atoms with van der Waals surface area (Å²) >= 11 is 0. The zero-order valence-corrected chi connectivity index (χ0v) is 28.7. The van der Waals surface area contributed by atoms with E-state index in [4.69, 9.17) is 10.7 Å². The molecule has 0 aliphatic rings. The van der Waals surface area contributed by atoms with Crippen molar-refractivity contribution in [3.63, 3.8) is 0 Å². The van der Waals surface area contributed by atoms with Crippen LogP contribution in [0.4, 0.5) is 17.1 Å². The van der Waals surface area contributed by atoms with Crippen LogP contribution < -0.4 is 11.1 Å². The number of fused-ring (bicyclic) bond motifs is 3. The highest BCUT2D eigenvalue weighted by molar-refractivity contribution is 6.13. The molecule has 0 bridgehead atoms. The van der Waals surface area contributed by atoms with Gasteiger partial charge in [-0.25, -0.2) is 0 Å². The largest absolute Gasteiger partial charge is 0.398 e. The minimum atomic E-state index is 0.689. The van der Waals surface area contributed by atoms with Gasteiger partial charge < -0.3 is 15.6 Å². The quantitative estimate of drug-likeness (QED) is 0.121. The summed E-state index contributed by atoms with van der Waals surface area (Å²) in [5.41, 5.74) is 18.9. The van der Waals surface area contributed by atoms with Crippen LogP contribution in [-0.4, -0.2) is 9.55 Å². The van der Waals surface area contributed by atoms with Crippen molar-refractivity contribution in [3.8, 4) is 11.1 Å². The number of aryl methyl sites for hydroxylation is 1. The zero-order chi connectivity index (χ0) is 34.9. The third kappa shape index (κ3) is 7.35. The Kier molecular flexibility index (Phi) is 10.5.